The van der Waals surface area contributed by atoms with E-state index in [1.54, 1.807) is 0 Å². The molecule has 0 aliphatic heterocycles. The average Bonchev–Trinajstić information content (AvgIpc) is 2.51. The van der Waals surface area contributed by atoms with Gasteiger partial charge in [-0.3, -0.25) is 0 Å². The fraction of sp³-hybridized carbons (Fsp3) is 0.294. The molecular formula is C17H26N2. The Labute approximate surface area is 117 Å². The molecule has 0 aromatic heterocycles. The van der Waals surface area contributed by atoms with Gasteiger partial charge in [0.05, 0.1) is 0 Å². The molecule has 104 valence electrons. The number of hydrogen-bond acceptors (Lipinski definition) is 2. The summed E-state index contributed by atoms with van der Waals surface area (Å²) in [7, 11) is 0. The summed E-state index contributed by atoms with van der Waals surface area (Å²) < 4.78 is 0. The van der Waals surface area contributed by atoms with E-state index >= 15 is 0 Å². The molecule has 2 aromatic carbocycles. The molecule has 0 aliphatic rings. The summed E-state index contributed by atoms with van der Waals surface area (Å²) in [6.07, 6.45) is 0. The highest BCUT2D eigenvalue weighted by molar-refractivity contribution is 5.17. The van der Waals surface area contributed by atoms with Crippen molar-refractivity contribution in [3.8, 4) is 0 Å². The van der Waals surface area contributed by atoms with Crippen molar-refractivity contribution in [1.82, 2.24) is 0 Å². The van der Waals surface area contributed by atoms with Crippen LogP contribution in [0.15, 0.2) is 60.7 Å². The van der Waals surface area contributed by atoms with Gasteiger partial charge in [-0.1, -0.05) is 74.5 Å². The number of nitrogens with two attached hydrogens (primary N) is 2. The van der Waals surface area contributed by atoms with E-state index < -0.39 is 0 Å². The van der Waals surface area contributed by atoms with Gasteiger partial charge in [0.15, 0.2) is 0 Å². The van der Waals surface area contributed by atoms with E-state index in [-0.39, 0.29) is 6.04 Å². The third kappa shape index (κ3) is 8.14. The van der Waals surface area contributed by atoms with Crippen molar-refractivity contribution >= 4 is 0 Å². The van der Waals surface area contributed by atoms with Gasteiger partial charge in [0.1, 0.15) is 0 Å². The maximum atomic E-state index is 5.61. The maximum absolute atomic E-state index is 5.61. The molecule has 0 amide bonds. The van der Waals surface area contributed by atoms with E-state index in [1.807, 2.05) is 81.4 Å². The Kier molecular flexibility index (Phi) is 10.5. The zero-order valence-corrected chi connectivity index (χ0v) is 12.2. The Morgan fingerprint density at radius 3 is 1.53 bits per heavy atom. The molecule has 4 N–H and O–H groups in total. The molecule has 1 atom stereocenters. The lowest BCUT2D eigenvalue weighted by molar-refractivity contribution is 0.818. The molecule has 0 radical (unpaired) electrons. The van der Waals surface area contributed by atoms with Gasteiger partial charge < -0.3 is 11.5 Å². The number of benzene rings is 2. The van der Waals surface area contributed by atoms with Gasteiger partial charge in [-0.2, -0.15) is 0 Å². The number of hydrogen-bond donors (Lipinski definition) is 2. The molecular weight excluding hydrogens is 232 g/mol. The quantitative estimate of drug-likeness (QED) is 0.859. The molecule has 19 heavy (non-hydrogen) atoms. The smallest absolute Gasteiger partial charge is 0.0266 e. The fourth-order valence-corrected chi connectivity index (χ4v) is 1.37. The lowest BCUT2D eigenvalue weighted by Gasteiger charge is -2.02. The Balaban J connectivity index is 0.000000303. The largest absolute Gasteiger partial charge is 0.326 e. The van der Waals surface area contributed by atoms with Gasteiger partial charge in [-0.15, -0.1) is 0 Å². The van der Waals surface area contributed by atoms with Crippen LogP contribution < -0.4 is 11.5 Å². The molecule has 0 saturated heterocycles. The normalized spacial score (nSPS) is 10.4. The van der Waals surface area contributed by atoms with Crippen LogP contribution in [0.5, 0.6) is 0 Å². The van der Waals surface area contributed by atoms with Crippen LogP contribution in [0.1, 0.15) is 37.9 Å². The van der Waals surface area contributed by atoms with Crippen LogP contribution in [-0.4, -0.2) is 0 Å². The summed E-state index contributed by atoms with van der Waals surface area (Å²) in [5.74, 6) is 0. The third-order valence-corrected chi connectivity index (χ3v) is 2.40. The van der Waals surface area contributed by atoms with Crippen molar-refractivity contribution < 1.29 is 0 Å². The minimum atomic E-state index is 0.159. The van der Waals surface area contributed by atoms with E-state index in [4.69, 9.17) is 11.5 Å². The first kappa shape index (κ1) is 17.4. The van der Waals surface area contributed by atoms with E-state index in [1.165, 1.54) is 11.1 Å². The molecule has 1 unspecified atom stereocenters. The van der Waals surface area contributed by atoms with Crippen molar-refractivity contribution in [2.45, 2.75) is 33.4 Å². The second-order valence-electron chi connectivity index (χ2n) is 3.89. The first-order valence-electron chi connectivity index (χ1n) is 6.78. The highest BCUT2D eigenvalue weighted by Crippen LogP contribution is 2.06. The highest BCUT2D eigenvalue weighted by Gasteiger charge is 1.93. The molecule has 0 spiro atoms. The van der Waals surface area contributed by atoms with Crippen LogP contribution in [0, 0.1) is 0 Å². The summed E-state index contributed by atoms with van der Waals surface area (Å²) in [6.45, 7) is 6.62. The average molecular weight is 258 g/mol. The van der Waals surface area contributed by atoms with Gasteiger partial charge in [-0.05, 0) is 18.1 Å². The predicted molar refractivity (Wildman–Crippen MR) is 84.7 cm³/mol. The standard InChI is InChI=1S/C8H11N.C7H9N.C2H6/c1-7(9)8-5-3-2-4-6-8;8-6-7-4-2-1-3-5-7;1-2/h2-7H,9H2,1H3;1-5H,6,8H2;1-2H3. The number of rotatable bonds is 2. The lowest BCUT2D eigenvalue weighted by Crippen LogP contribution is -2.03. The highest BCUT2D eigenvalue weighted by atomic mass is 14.6. The van der Waals surface area contributed by atoms with Crippen LogP contribution in [0.4, 0.5) is 0 Å². The summed E-state index contributed by atoms with van der Waals surface area (Å²) in [5.41, 5.74) is 13.3. The summed E-state index contributed by atoms with van der Waals surface area (Å²) in [4.78, 5) is 0. The minimum absolute atomic E-state index is 0.159. The lowest BCUT2D eigenvalue weighted by atomic mass is 10.1. The van der Waals surface area contributed by atoms with Crippen LogP contribution in [0.2, 0.25) is 0 Å². The van der Waals surface area contributed by atoms with Gasteiger partial charge in [0.25, 0.3) is 0 Å². The van der Waals surface area contributed by atoms with E-state index in [9.17, 15) is 0 Å². The topological polar surface area (TPSA) is 52.0 Å². The predicted octanol–water partition coefficient (Wildman–Crippen LogP) is 3.88. The molecule has 0 aliphatic carbocycles. The monoisotopic (exact) mass is 258 g/mol. The van der Waals surface area contributed by atoms with Gasteiger partial charge in [-0.25, -0.2) is 0 Å². The van der Waals surface area contributed by atoms with Crippen molar-refractivity contribution in [3.05, 3.63) is 71.8 Å². The molecule has 0 heterocycles. The Morgan fingerprint density at radius 2 is 1.26 bits per heavy atom. The van der Waals surface area contributed by atoms with E-state index in [2.05, 4.69) is 0 Å². The van der Waals surface area contributed by atoms with Crippen LogP contribution in [0.3, 0.4) is 0 Å². The second kappa shape index (κ2) is 11.5. The second-order valence-corrected chi connectivity index (χ2v) is 3.89. The van der Waals surface area contributed by atoms with Crippen LogP contribution in [0.25, 0.3) is 0 Å². The van der Waals surface area contributed by atoms with Crippen molar-refractivity contribution in [2.24, 2.45) is 11.5 Å². The van der Waals surface area contributed by atoms with Crippen molar-refractivity contribution in [2.75, 3.05) is 0 Å². The zero-order chi connectivity index (χ0) is 14.5. The molecule has 0 saturated carbocycles. The first-order valence-corrected chi connectivity index (χ1v) is 6.78. The SMILES string of the molecule is CC.CC(N)c1ccccc1.NCc1ccccc1. The summed E-state index contributed by atoms with van der Waals surface area (Å²) in [5, 5.41) is 0. The molecule has 2 aromatic rings. The summed E-state index contributed by atoms with van der Waals surface area (Å²) in [6, 6.07) is 20.2. The Bertz CT molecular complexity index is 396. The first-order chi connectivity index (χ1) is 9.24. The summed E-state index contributed by atoms with van der Waals surface area (Å²) >= 11 is 0. The van der Waals surface area contributed by atoms with Crippen molar-refractivity contribution in [1.29, 1.82) is 0 Å². The fourth-order valence-electron chi connectivity index (χ4n) is 1.37. The molecule has 2 nitrogen and oxygen atoms in total. The van der Waals surface area contributed by atoms with Gasteiger partial charge in [0, 0.05) is 12.6 Å². The van der Waals surface area contributed by atoms with Gasteiger partial charge in [0.2, 0.25) is 0 Å². The third-order valence-electron chi connectivity index (χ3n) is 2.40. The molecule has 2 heteroatoms. The van der Waals surface area contributed by atoms with Crippen LogP contribution >= 0.6 is 0 Å². The van der Waals surface area contributed by atoms with Crippen molar-refractivity contribution in [3.63, 3.8) is 0 Å². The Hall–Kier alpha value is -1.64. The molecule has 2 rings (SSSR count). The minimum Gasteiger partial charge on any atom is -0.326 e. The van der Waals surface area contributed by atoms with E-state index in [0.717, 1.165) is 0 Å². The zero-order valence-electron chi connectivity index (χ0n) is 12.2. The van der Waals surface area contributed by atoms with Gasteiger partial charge >= 0.3 is 0 Å². The Morgan fingerprint density at radius 1 is 0.842 bits per heavy atom. The molecule has 0 fully saturated rings. The molecule has 0 bridgehead atoms. The maximum Gasteiger partial charge on any atom is 0.0266 e. The van der Waals surface area contributed by atoms with E-state index in [0.29, 0.717) is 6.54 Å². The van der Waals surface area contributed by atoms with Crippen LogP contribution in [-0.2, 0) is 6.54 Å².